The molecule has 39 heavy (non-hydrogen) atoms. The average molecular weight is 556 g/mol. The fourth-order valence-corrected chi connectivity index (χ4v) is 4.72. The lowest BCUT2D eigenvalue weighted by Crippen LogP contribution is -2.54. The van der Waals surface area contributed by atoms with Gasteiger partial charge in [0.15, 0.2) is 5.78 Å². The molecule has 0 saturated carbocycles. The lowest BCUT2D eigenvalue weighted by atomic mass is 9.79. The number of hydrogen-bond acceptors (Lipinski definition) is 5. The van der Waals surface area contributed by atoms with Gasteiger partial charge in [-0.15, -0.1) is 12.3 Å². The molecule has 1 heterocycles. The molecule has 0 radical (unpaired) electrons. The number of terminal acetylenes is 1. The number of carboxylic acid groups (broad SMARTS) is 1. The summed E-state index contributed by atoms with van der Waals surface area (Å²) in [6.07, 6.45) is 2.21. The Bertz CT molecular complexity index is 1090. The maximum absolute atomic E-state index is 14.4. The molecule has 1 aromatic rings. The maximum atomic E-state index is 14.4. The van der Waals surface area contributed by atoms with Gasteiger partial charge in [-0.2, -0.15) is 13.2 Å². The fraction of sp³-hybridized carbons (Fsp3) is 0.556. The van der Waals surface area contributed by atoms with Crippen LogP contribution in [0.2, 0.25) is 0 Å². The van der Waals surface area contributed by atoms with Crippen molar-refractivity contribution in [2.75, 3.05) is 13.6 Å². The smallest absolute Gasteiger partial charge is 0.475 e. The highest BCUT2D eigenvalue weighted by atomic mass is 19.4. The van der Waals surface area contributed by atoms with E-state index in [1.165, 1.54) is 16.0 Å². The van der Waals surface area contributed by atoms with E-state index < -0.39 is 42.3 Å². The van der Waals surface area contributed by atoms with Crippen LogP contribution in [0, 0.1) is 12.3 Å². The van der Waals surface area contributed by atoms with Crippen molar-refractivity contribution in [2.45, 2.75) is 81.8 Å². The zero-order chi connectivity index (χ0) is 29.3. The van der Waals surface area contributed by atoms with Gasteiger partial charge in [0.1, 0.15) is 12.2 Å². The summed E-state index contributed by atoms with van der Waals surface area (Å²) in [5, 5.41) is 12.6. The molecule has 0 bridgehead atoms. The van der Waals surface area contributed by atoms with Gasteiger partial charge in [0.2, 0.25) is 11.8 Å². The van der Waals surface area contributed by atoms with Crippen molar-refractivity contribution in [3.8, 4) is 12.3 Å². The minimum atomic E-state index is -5.08. The topological polar surface area (TPSA) is 116 Å². The van der Waals surface area contributed by atoms with Gasteiger partial charge in [0, 0.05) is 19.3 Å². The first kappa shape index (κ1) is 31.8. The number of halogens is 4. The standard InChI is InChI=1S/C25H32FN3O3.C2HF3O2/c1-4-8-21(28-24(31)16(2)27-3)25(32)29-15-19(26)14-22(29)23(30)13-18-11-7-10-17-9-5-6-12-20(17)18;3-2(4,5)1(6)7/h1,5-6,9,12,16,18-19,21-22,27H,7-8,10-11,13-15H2,2-3H3,(H,28,31);(H,6,7)/t16-,18-,19-,21-,22-;/m0./s1. The highest BCUT2D eigenvalue weighted by Crippen LogP contribution is 2.35. The Kier molecular flexibility index (Phi) is 11.5. The van der Waals surface area contributed by atoms with E-state index in [9.17, 15) is 31.9 Å². The lowest BCUT2D eigenvalue weighted by molar-refractivity contribution is -0.192. The second-order valence-corrected chi connectivity index (χ2v) is 9.58. The first-order valence-corrected chi connectivity index (χ1v) is 12.6. The number of benzene rings is 1. The van der Waals surface area contributed by atoms with Gasteiger partial charge in [0.05, 0.1) is 18.6 Å². The van der Waals surface area contributed by atoms with Crippen LogP contribution in [0.3, 0.4) is 0 Å². The molecular weight excluding hydrogens is 522 g/mol. The summed E-state index contributed by atoms with van der Waals surface area (Å²) >= 11 is 0. The predicted octanol–water partition coefficient (Wildman–Crippen LogP) is 2.75. The van der Waals surface area contributed by atoms with E-state index in [-0.39, 0.29) is 43.4 Å². The number of carbonyl (C=O) groups excluding carboxylic acids is 3. The Morgan fingerprint density at radius 2 is 1.87 bits per heavy atom. The molecule has 1 aliphatic heterocycles. The molecule has 1 aliphatic carbocycles. The zero-order valence-electron chi connectivity index (χ0n) is 21.8. The van der Waals surface area contributed by atoms with E-state index in [1.54, 1.807) is 14.0 Å². The summed E-state index contributed by atoms with van der Waals surface area (Å²) in [4.78, 5) is 48.9. The van der Waals surface area contributed by atoms with Gasteiger partial charge in [-0.3, -0.25) is 14.4 Å². The number of ketones is 1. The number of nitrogens with one attached hydrogen (secondary N) is 2. The number of amides is 2. The number of nitrogens with zero attached hydrogens (tertiary/aromatic N) is 1. The third-order valence-electron chi connectivity index (χ3n) is 6.85. The minimum Gasteiger partial charge on any atom is -0.475 e. The summed E-state index contributed by atoms with van der Waals surface area (Å²) < 4.78 is 46.1. The Morgan fingerprint density at radius 1 is 1.23 bits per heavy atom. The van der Waals surface area contributed by atoms with Gasteiger partial charge in [0.25, 0.3) is 0 Å². The van der Waals surface area contributed by atoms with Crippen LogP contribution < -0.4 is 10.6 Å². The van der Waals surface area contributed by atoms with Crippen LogP contribution in [0.15, 0.2) is 24.3 Å². The van der Waals surface area contributed by atoms with Crippen LogP contribution in [0.5, 0.6) is 0 Å². The number of carbonyl (C=O) groups is 4. The Morgan fingerprint density at radius 3 is 2.46 bits per heavy atom. The van der Waals surface area contributed by atoms with Crippen molar-refractivity contribution in [2.24, 2.45) is 0 Å². The molecule has 1 aromatic carbocycles. The fourth-order valence-electron chi connectivity index (χ4n) is 4.72. The van der Waals surface area contributed by atoms with Crippen molar-refractivity contribution in [3.05, 3.63) is 35.4 Å². The molecule has 12 heteroatoms. The largest absolute Gasteiger partial charge is 0.490 e. The number of fused-ring (bicyclic) bond motifs is 1. The molecule has 8 nitrogen and oxygen atoms in total. The Labute approximate surface area is 224 Å². The van der Waals surface area contributed by atoms with E-state index in [2.05, 4.69) is 28.7 Å². The highest BCUT2D eigenvalue weighted by molar-refractivity contribution is 5.94. The van der Waals surface area contributed by atoms with E-state index in [0.29, 0.717) is 0 Å². The van der Waals surface area contributed by atoms with E-state index in [0.717, 1.165) is 19.3 Å². The van der Waals surface area contributed by atoms with Crippen LogP contribution in [0.4, 0.5) is 17.6 Å². The molecule has 1 fully saturated rings. The van der Waals surface area contributed by atoms with Crippen LogP contribution in [-0.2, 0) is 25.6 Å². The number of aryl methyl sites for hydroxylation is 1. The highest BCUT2D eigenvalue weighted by Gasteiger charge is 2.42. The molecule has 214 valence electrons. The molecule has 3 rings (SSSR count). The molecule has 3 N–H and O–H groups in total. The number of likely N-dealkylation sites (tertiary alicyclic amines) is 1. The average Bonchev–Trinajstić information content (AvgIpc) is 3.29. The molecule has 1 saturated heterocycles. The summed E-state index contributed by atoms with van der Waals surface area (Å²) in [5.74, 6) is -1.27. The number of carboxylic acids is 1. The molecule has 2 amide bonds. The van der Waals surface area contributed by atoms with Gasteiger partial charge in [-0.25, -0.2) is 9.18 Å². The third kappa shape index (κ3) is 8.78. The van der Waals surface area contributed by atoms with E-state index in [4.69, 9.17) is 16.3 Å². The molecular formula is C27H33F4N3O5. The molecule has 0 aromatic heterocycles. The van der Waals surface area contributed by atoms with Crippen LogP contribution >= 0.6 is 0 Å². The lowest BCUT2D eigenvalue weighted by Gasteiger charge is -2.30. The summed E-state index contributed by atoms with van der Waals surface area (Å²) in [7, 11) is 1.63. The first-order chi connectivity index (χ1) is 18.3. The number of aliphatic carboxylic acids is 1. The molecule has 0 unspecified atom stereocenters. The molecule has 5 atom stereocenters. The Hall–Kier alpha value is -3.46. The second-order valence-electron chi connectivity index (χ2n) is 9.58. The zero-order valence-corrected chi connectivity index (χ0v) is 21.8. The monoisotopic (exact) mass is 555 g/mol. The number of hydrogen-bond donors (Lipinski definition) is 3. The van der Waals surface area contributed by atoms with Crippen molar-refractivity contribution >= 4 is 23.6 Å². The summed E-state index contributed by atoms with van der Waals surface area (Å²) in [6, 6.07) is 5.80. The van der Waals surface area contributed by atoms with Gasteiger partial charge in [-0.05, 0) is 50.3 Å². The second kappa shape index (κ2) is 14.1. The van der Waals surface area contributed by atoms with Crippen molar-refractivity contribution < 1.29 is 41.8 Å². The summed E-state index contributed by atoms with van der Waals surface area (Å²) in [5.41, 5.74) is 2.44. The van der Waals surface area contributed by atoms with Crippen LogP contribution in [0.1, 0.15) is 56.1 Å². The van der Waals surface area contributed by atoms with Crippen molar-refractivity contribution in [3.63, 3.8) is 0 Å². The number of likely N-dealkylation sites (N-methyl/N-ethyl adjacent to an activating group) is 1. The maximum Gasteiger partial charge on any atom is 0.490 e. The normalized spacial score (nSPS) is 21.9. The summed E-state index contributed by atoms with van der Waals surface area (Å²) in [6.45, 7) is 1.50. The molecule has 2 aliphatic rings. The van der Waals surface area contributed by atoms with Crippen molar-refractivity contribution in [1.29, 1.82) is 0 Å². The minimum absolute atomic E-state index is 0.0113. The first-order valence-electron chi connectivity index (χ1n) is 12.6. The van der Waals surface area contributed by atoms with Crippen LogP contribution in [0.25, 0.3) is 0 Å². The van der Waals surface area contributed by atoms with E-state index >= 15 is 0 Å². The van der Waals surface area contributed by atoms with Gasteiger partial charge < -0.3 is 20.6 Å². The number of Topliss-reactive ketones (excluding diaryl/α,β-unsaturated/α-hetero) is 1. The van der Waals surface area contributed by atoms with Crippen molar-refractivity contribution in [1.82, 2.24) is 15.5 Å². The third-order valence-corrected chi connectivity index (χ3v) is 6.85. The van der Waals surface area contributed by atoms with Crippen LogP contribution in [-0.4, -0.2) is 77.6 Å². The number of rotatable bonds is 8. The SMILES string of the molecule is C#CC[C@H](NC(=O)[C@H](C)NC)C(=O)N1C[C@@H](F)C[C@H]1C(=O)C[C@@H]1CCCc2ccccc21.O=C(O)C(F)(F)F. The predicted molar refractivity (Wildman–Crippen MR) is 134 cm³/mol. The van der Waals surface area contributed by atoms with E-state index in [1.807, 2.05) is 12.1 Å². The number of alkyl halides is 4. The molecule has 0 spiro atoms. The van der Waals surface area contributed by atoms with Gasteiger partial charge >= 0.3 is 12.1 Å². The van der Waals surface area contributed by atoms with Gasteiger partial charge in [-0.1, -0.05) is 24.3 Å². The Balaban J connectivity index is 0.000000673. The quantitative estimate of drug-likeness (QED) is 0.336.